The molecule has 0 aromatic carbocycles. The summed E-state index contributed by atoms with van der Waals surface area (Å²) in [6.07, 6.45) is 1.38. The standard InChI is InChI=1S/C11H22N2O2/c1-6-9(12-5)7-8-13-10(14)15-11(2,3)4/h9H,5-8H2,1-4H3,(H,13,14). The molecule has 1 N–H and O–H groups in total. The lowest BCUT2D eigenvalue weighted by Crippen LogP contribution is -2.33. The zero-order chi connectivity index (χ0) is 11.9. The SMILES string of the molecule is C=NC(CC)CCNC(=O)OC(C)(C)C. The Morgan fingerprint density at radius 3 is 2.53 bits per heavy atom. The lowest BCUT2D eigenvalue weighted by atomic mass is 10.2. The van der Waals surface area contributed by atoms with Crippen molar-refractivity contribution in [2.45, 2.75) is 52.2 Å². The van der Waals surface area contributed by atoms with E-state index in [1.54, 1.807) is 0 Å². The summed E-state index contributed by atoms with van der Waals surface area (Å²) in [6, 6.07) is 0.222. The molecule has 1 amide bonds. The molecule has 0 heterocycles. The Morgan fingerprint density at radius 1 is 1.53 bits per heavy atom. The highest BCUT2D eigenvalue weighted by Gasteiger charge is 2.15. The van der Waals surface area contributed by atoms with Crippen molar-refractivity contribution in [1.29, 1.82) is 0 Å². The summed E-state index contributed by atoms with van der Waals surface area (Å²) >= 11 is 0. The van der Waals surface area contributed by atoms with E-state index in [-0.39, 0.29) is 12.1 Å². The van der Waals surface area contributed by atoms with Crippen molar-refractivity contribution in [2.75, 3.05) is 6.54 Å². The number of carbonyl (C=O) groups is 1. The molecule has 1 unspecified atom stereocenters. The van der Waals surface area contributed by atoms with Gasteiger partial charge in [-0.3, -0.25) is 4.99 Å². The first-order valence-electron chi connectivity index (χ1n) is 5.31. The van der Waals surface area contributed by atoms with Crippen molar-refractivity contribution in [3.63, 3.8) is 0 Å². The van der Waals surface area contributed by atoms with Crippen molar-refractivity contribution in [3.05, 3.63) is 0 Å². The van der Waals surface area contributed by atoms with E-state index in [4.69, 9.17) is 4.74 Å². The molecule has 0 aliphatic heterocycles. The molecule has 0 radical (unpaired) electrons. The summed E-state index contributed by atoms with van der Waals surface area (Å²) in [5, 5.41) is 2.69. The molecule has 15 heavy (non-hydrogen) atoms. The topological polar surface area (TPSA) is 50.7 Å². The van der Waals surface area contributed by atoms with Gasteiger partial charge in [-0.25, -0.2) is 4.79 Å². The van der Waals surface area contributed by atoms with Crippen LogP contribution in [0.3, 0.4) is 0 Å². The minimum absolute atomic E-state index is 0.222. The van der Waals surface area contributed by atoms with Gasteiger partial charge in [-0.2, -0.15) is 0 Å². The molecule has 0 rings (SSSR count). The maximum atomic E-state index is 11.2. The summed E-state index contributed by atoms with van der Waals surface area (Å²) in [4.78, 5) is 15.2. The van der Waals surface area contributed by atoms with Crippen molar-refractivity contribution < 1.29 is 9.53 Å². The van der Waals surface area contributed by atoms with Crippen LogP contribution >= 0.6 is 0 Å². The molecule has 0 aromatic heterocycles. The van der Waals surface area contributed by atoms with Crippen LogP contribution in [-0.4, -0.2) is 31.0 Å². The summed E-state index contributed by atoms with van der Waals surface area (Å²) in [6.45, 7) is 11.6. The van der Waals surface area contributed by atoms with Crippen LogP contribution in [0, 0.1) is 0 Å². The molecule has 0 bridgehead atoms. The van der Waals surface area contributed by atoms with Gasteiger partial charge in [0, 0.05) is 6.54 Å². The van der Waals surface area contributed by atoms with Gasteiger partial charge in [0.1, 0.15) is 5.60 Å². The van der Waals surface area contributed by atoms with E-state index in [9.17, 15) is 4.79 Å². The molecule has 0 aromatic rings. The van der Waals surface area contributed by atoms with Crippen molar-refractivity contribution in [1.82, 2.24) is 5.32 Å². The van der Waals surface area contributed by atoms with Gasteiger partial charge in [-0.05, 0) is 40.3 Å². The monoisotopic (exact) mass is 214 g/mol. The van der Waals surface area contributed by atoms with Crippen molar-refractivity contribution >= 4 is 12.8 Å². The number of amides is 1. The van der Waals surface area contributed by atoms with Crippen LogP contribution in [0.15, 0.2) is 4.99 Å². The number of hydrogen-bond donors (Lipinski definition) is 1. The first-order valence-corrected chi connectivity index (χ1v) is 5.31. The maximum Gasteiger partial charge on any atom is 0.407 e. The fourth-order valence-corrected chi connectivity index (χ4v) is 1.08. The predicted molar refractivity (Wildman–Crippen MR) is 62.5 cm³/mol. The van der Waals surface area contributed by atoms with Gasteiger partial charge < -0.3 is 10.1 Å². The Kier molecular flexibility index (Phi) is 5.97. The summed E-state index contributed by atoms with van der Waals surface area (Å²) in [5.74, 6) is 0. The van der Waals surface area contributed by atoms with Gasteiger partial charge in [-0.1, -0.05) is 6.92 Å². The highest BCUT2D eigenvalue weighted by atomic mass is 16.6. The fraction of sp³-hybridized carbons (Fsp3) is 0.818. The zero-order valence-electron chi connectivity index (χ0n) is 10.2. The molecule has 88 valence electrons. The molecule has 4 heteroatoms. The second-order valence-corrected chi connectivity index (χ2v) is 4.46. The predicted octanol–water partition coefficient (Wildman–Crippen LogP) is 2.38. The quantitative estimate of drug-likeness (QED) is 0.714. The Balaban J connectivity index is 3.68. The number of nitrogens with one attached hydrogen (secondary N) is 1. The number of hydrogen-bond acceptors (Lipinski definition) is 3. The van der Waals surface area contributed by atoms with Crippen molar-refractivity contribution in [2.24, 2.45) is 4.99 Å². The Hall–Kier alpha value is -1.06. The Bertz CT molecular complexity index is 209. The van der Waals surface area contributed by atoms with E-state index in [1.807, 2.05) is 27.7 Å². The second-order valence-electron chi connectivity index (χ2n) is 4.46. The molecule has 0 saturated carbocycles. The van der Waals surface area contributed by atoms with Crippen LogP contribution in [-0.2, 0) is 4.74 Å². The van der Waals surface area contributed by atoms with Crippen LogP contribution in [0.5, 0.6) is 0 Å². The zero-order valence-corrected chi connectivity index (χ0v) is 10.2. The number of carbonyl (C=O) groups excluding carboxylic acids is 1. The van der Waals surface area contributed by atoms with E-state index in [0.29, 0.717) is 6.54 Å². The molecule has 0 aliphatic carbocycles. The largest absolute Gasteiger partial charge is 0.444 e. The summed E-state index contributed by atoms with van der Waals surface area (Å²) < 4.78 is 5.09. The lowest BCUT2D eigenvalue weighted by Gasteiger charge is -2.20. The Labute approximate surface area is 92.1 Å². The third-order valence-electron chi connectivity index (χ3n) is 1.88. The van der Waals surface area contributed by atoms with Gasteiger partial charge in [-0.15, -0.1) is 0 Å². The molecular formula is C11H22N2O2. The third kappa shape index (κ3) is 7.97. The number of aliphatic imine (C=N–C) groups is 1. The number of rotatable bonds is 5. The average molecular weight is 214 g/mol. The molecular weight excluding hydrogens is 192 g/mol. The first kappa shape index (κ1) is 13.9. The summed E-state index contributed by atoms with van der Waals surface area (Å²) in [5.41, 5.74) is -0.440. The smallest absolute Gasteiger partial charge is 0.407 e. The van der Waals surface area contributed by atoms with Crippen LogP contribution < -0.4 is 5.32 Å². The average Bonchev–Trinajstić information content (AvgIpc) is 2.09. The molecule has 1 atom stereocenters. The van der Waals surface area contributed by atoms with Crippen LogP contribution in [0.25, 0.3) is 0 Å². The first-order chi connectivity index (χ1) is 6.89. The van der Waals surface area contributed by atoms with Gasteiger partial charge in [0.05, 0.1) is 6.04 Å². The highest BCUT2D eigenvalue weighted by molar-refractivity contribution is 5.67. The number of nitrogens with zero attached hydrogens (tertiary/aromatic N) is 1. The molecule has 0 aliphatic rings. The van der Waals surface area contributed by atoms with E-state index in [1.165, 1.54) is 0 Å². The number of alkyl carbamates (subject to hydrolysis) is 1. The van der Waals surface area contributed by atoms with Gasteiger partial charge in [0.2, 0.25) is 0 Å². The van der Waals surface area contributed by atoms with Gasteiger partial charge in [0.25, 0.3) is 0 Å². The fourth-order valence-electron chi connectivity index (χ4n) is 1.08. The molecule has 0 spiro atoms. The van der Waals surface area contributed by atoms with Crippen molar-refractivity contribution in [3.8, 4) is 0 Å². The normalized spacial score (nSPS) is 13.1. The molecule has 0 fully saturated rings. The number of ether oxygens (including phenoxy) is 1. The molecule has 4 nitrogen and oxygen atoms in total. The van der Waals surface area contributed by atoms with Gasteiger partial charge in [0.15, 0.2) is 0 Å². The maximum absolute atomic E-state index is 11.2. The van der Waals surface area contributed by atoms with Gasteiger partial charge >= 0.3 is 6.09 Å². The summed E-state index contributed by atoms with van der Waals surface area (Å²) in [7, 11) is 0. The van der Waals surface area contributed by atoms with E-state index in [0.717, 1.165) is 12.8 Å². The van der Waals surface area contributed by atoms with E-state index < -0.39 is 5.60 Å². The Morgan fingerprint density at radius 2 is 2.13 bits per heavy atom. The van der Waals surface area contributed by atoms with Crippen LogP contribution in [0.2, 0.25) is 0 Å². The minimum atomic E-state index is -0.440. The van der Waals surface area contributed by atoms with E-state index in [2.05, 4.69) is 17.0 Å². The lowest BCUT2D eigenvalue weighted by molar-refractivity contribution is 0.0526. The van der Waals surface area contributed by atoms with E-state index >= 15 is 0 Å². The highest BCUT2D eigenvalue weighted by Crippen LogP contribution is 2.06. The van der Waals surface area contributed by atoms with Crippen LogP contribution in [0.1, 0.15) is 40.5 Å². The molecule has 0 saturated heterocycles. The third-order valence-corrected chi connectivity index (χ3v) is 1.88. The van der Waals surface area contributed by atoms with Crippen LogP contribution in [0.4, 0.5) is 4.79 Å². The second kappa shape index (κ2) is 6.43. The minimum Gasteiger partial charge on any atom is -0.444 e.